The van der Waals surface area contributed by atoms with Gasteiger partial charge in [-0.1, -0.05) is 6.08 Å². The van der Waals surface area contributed by atoms with Gasteiger partial charge in [0.1, 0.15) is 6.10 Å². The molecule has 1 fully saturated rings. The third kappa shape index (κ3) is 0.671. The van der Waals surface area contributed by atoms with Gasteiger partial charge in [0.2, 0.25) is 0 Å². The van der Waals surface area contributed by atoms with E-state index < -0.39 is 0 Å². The summed E-state index contributed by atoms with van der Waals surface area (Å²) >= 11 is 0. The quantitative estimate of drug-likeness (QED) is 0.374. The monoisotopic (exact) mass is 139 g/mol. The van der Waals surface area contributed by atoms with Crippen LogP contribution in [0.3, 0.4) is 0 Å². The smallest absolute Gasteiger partial charge is 0.311 e. The molecule has 0 radical (unpaired) electrons. The summed E-state index contributed by atoms with van der Waals surface area (Å²) in [6, 6.07) is -0.119. The molecule has 1 heterocycles. The van der Waals surface area contributed by atoms with Crippen molar-refractivity contribution in [2.75, 3.05) is 0 Å². The first-order valence-corrected chi connectivity index (χ1v) is 3.42. The van der Waals surface area contributed by atoms with Crippen molar-refractivity contribution in [1.29, 1.82) is 0 Å². The van der Waals surface area contributed by atoms with E-state index in [1.807, 2.05) is 12.2 Å². The highest BCUT2D eigenvalue weighted by atomic mass is 16.5. The lowest BCUT2D eigenvalue weighted by Gasteiger charge is -2.13. The van der Waals surface area contributed by atoms with Crippen molar-refractivity contribution in [1.82, 2.24) is 0 Å². The normalized spacial score (nSPS) is 43.7. The van der Waals surface area contributed by atoms with Gasteiger partial charge < -0.3 is 10.5 Å². The van der Waals surface area contributed by atoms with Gasteiger partial charge in [-0.25, -0.2) is 0 Å². The van der Waals surface area contributed by atoms with Crippen LogP contribution in [0, 0.1) is 5.92 Å². The zero-order valence-electron chi connectivity index (χ0n) is 5.49. The molecular formula is C7H9NO2. The molecule has 2 bridgehead atoms. The van der Waals surface area contributed by atoms with Crippen LogP contribution >= 0.6 is 0 Å². The lowest BCUT2D eigenvalue weighted by molar-refractivity contribution is -0.142. The standard InChI is InChI=1S/C7H9NO2/c8-6-2-1-4-3-5(6)7(9)10-4/h1-2,4-6H,3,8H2/t4-,5-,6+/m0/s1. The van der Waals surface area contributed by atoms with Crippen molar-refractivity contribution in [2.45, 2.75) is 18.6 Å². The Kier molecular flexibility index (Phi) is 1.08. The van der Waals surface area contributed by atoms with Crippen LogP contribution in [0.2, 0.25) is 0 Å². The Balaban J connectivity index is 2.28. The van der Waals surface area contributed by atoms with E-state index in [1.54, 1.807) is 0 Å². The summed E-state index contributed by atoms with van der Waals surface area (Å²) in [4.78, 5) is 10.9. The first kappa shape index (κ1) is 5.92. The van der Waals surface area contributed by atoms with Gasteiger partial charge in [0.15, 0.2) is 0 Å². The Morgan fingerprint density at radius 2 is 2.40 bits per heavy atom. The maximum absolute atomic E-state index is 10.9. The molecule has 1 saturated heterocycles. The maximum atomic E-state index is 10.9. The first-order chi connectivity index (χ1) is 4.77. The molecular weight excluding hydrogens is 130 g/mol. The lowest BCUT2D eigenvalue weighted by atomic mass is 9.92. The highest BCUT2D eigenvalue weighted by Crippen LogP contribution is 2.28. The molecule has 2 N–H and O–H groups in total. The van der Waals surface area contributed by atoms with Gasteiger partial charge in [0, 0.05) is 12.5 Å². The molecule has 0 amide bonds. The summed E-state index contributed by atoms with van der Waals surface area (Å²) < 4.78 is 4.95. The first-order valence-electron chi connectivity index (χ1n) is 3.42. The zero-order valence-corrected chi connectivity index (χ0v) is 5.49. The van der Waals surface area contributed by atoms with Gasteiger partial charge in [0.25, 0.3) is 0 Å². The van der Waals surface area contributed by atoms with Crippen LogP contribution in [0.1, 0.15) is 6.42 Å². The zero-order chi connectivity index (χ0) is 7.14. The Morgan fingerprint density at radius 1 is 1.60 bits per heavy atom. The van der Waals surface area contributed by atoms with Crippen LogP contribution in [-0.2, 0) is 9.53 Å². The molecule has 3 heteroatoms. The van der Waals surface area contributed by atoms with Gasteiger partial charge in [-0.3, -0.25) is 4.79 Å². The Hall–Kier alpha value is -0.830. The Bertz CT molecular complexity index is 200. The topological polar surface area (TPSA) is 52.3 Å². The van der Waals surface area contributed by atoms with E-state index >= 15 is 0 Å². The summed E-state index contributed by atoms with van der Waals surface area (Å²) in [6.07, 6.45) is 4.50. The fourth-order valence-corrected chi connectivity index (χ4v) is 1.45. The summed E-state index contributed by atoms with van der Waals surface area (Å²) in [5.41, 5.74) is 5.62. The van der Waals surface area contributed by atoms with E-state index in [1.165, 1.54) is 0 Å². The average molecular weight is 139 g/mol. The van der Waals surface area contributed by atoms with E-state index in [0.29, 0.717) is 0 Å². The highest BCUT2D eigenvalue weighted by Gasteiger charge is 2.39. The molecule has 1 aliphatic heterocycles. The second-order valence-corrected chi connectivity index (χ2v) is 2.78. The van der Waals surface area contributed by atoms with Crippen molar-refractivity contribution in [2.24, 2.45) is 11.7 Å². The summed E-state index contributed by atoms with van der Waals surface area (Å²) in [6.45, 7) is 0. The Labute approximate surface area is 58.8 Å². The molecule has 0 spiro atoms. The fraction of sp³-hybridized carbons (Fsp3) is 0.571. The number of fused-ring (bicyclic) bond motifs is 2. The van der Waals surface area contributed by atoms with Crippen LogP contribution in [0.5, 0.6) is 0 Å². The molecule has 0 saturated carbocycles. The van der Waals surface area contributed by atoms with Crippen molar-refractivity contribution in [3.63, 3.8) is 0 Å². The molecule has 0 unspecified atom stereocenters. The van der Waals surface area contributed by atoms with Gasteiger partial charge in [-0.2, -0.15) is 0 Å². The summed E-state index contributed by atoms with van der Waals surface area (Å²) in [5.74, 6) is -0.211. The third-order valence-electron chi connectivity index (χ3n) is 2.07. The van der Waals surface area contributed by atoms with Crippen molar-refractivity contribution in [3.05, 3.63) is 12.2 Å². The van der Waals surface area contributed by atoms with E-state index in [9.17, 15) is 4.79 Å². The number of rotatable bonds is 0. The number of esters is 1. The molecule has 10 heavy (non-hydrogen) atoms. The molecule has 2 aliphatic rings. The second-order valence-electron chi connectivity index (χ2n) is 2.78. The number of hydrogen-bond acceptors (Lipinski definition) is 3. The lowest BCUT2D eigenvalue weighted by Crippen LogP contribution is -2.32. The average Bonchev–Trinajstić information content (AvgIpc) is 2.21. The van der Waals surface area contributed by atoms with Gasteiger partial charge in [-0.15, -0.1) is 0 Å². The predicted octanol–water partition coefficient (Wildman–Crippen LogP) is -0.185. The molecule has 3 atom stereocenters. The van der Waals surface area contributed by atoms with Crippen LogP contribution in [0.15, 0.2) is 12.2 Å². The minimum atomic E-state index is -0.137. The molecule has 3 nitrogen and oxygen atoms in total. The van der Waals surface area contributed by atoms with E-state index in [0.717, 1.165) is 6.42 Å². The molecule has 2 rings (SSSR count). The molecule has 0 aromatic rings. The minimum absolute atomic E-state index is 0.0114. The molecule has 0 aromatic heterocycles. The largest absolute Gasteiger partial charge is 0.458 e. The number of carbonyl (C=O) groups excluding carboxylic acids is 1. The summed E-state index contributed by atoms with van der Waals surface area (Å²) in [7, 11) is 0. The number of carbonyl (C=O) groups is 1. The Morgan fingerprint density at radius 3 is 3.10 bits per heavy atom. The molecule has 0 aromatic carbocycles. The third-order valence-corrected chi connectivity index (χ3v) is 2.07. The number of ether oxygens (including phenoxy) is 1. The van der Waals surface area contributed by atoms with Gasteiger partial charge in [-0.05, 0) is 6.08 Å². The van der Waals surface area contributed by atoms with E-state index in [2.05, 4.69) is 0 Å². The molecule has 54 valence electrons. The van der Waals surface area contributed by atoms with Crippen LogP contribution in [0.4, 0.5) is 0 Å². The van der Waals surface area contributed by atoms with Gasteiger partial charge in [0.05, 0.1) is 5.92 Å². The SMILES string of the molecule is N[C@@H]1C=C[C@H]2C[C@@H]1C(=O)O2. The molecule has 1 aliphatic carbocycles. The maximum Gasteiger partial charge on any atom is 0.311 e. The van der Waals surface area contributed by atoms with Crippen LogP contribution in [-0.4, -0.2) is 18.1 Å². The van der Waals surface area contributed by atoms with Crippen molar-refractivity contribution < 1.29 is 9.53 Å². The van der Waals surface area contributed by atoms with E-state index in [4.69, 9.17) is 10.5 Å². The number of hydrogen-bond donors (Lipinski definition) is 1. The van der Waals surface area contributed by atoms with Gasteiger partial charge >= 0.3 is 5.97 Å². The highest BCUT2D eigenvalue weighted by molar-refractivity contribution is 5.76. The van der Waals surface area contributed by atoms with E-state index in [-0.39, 0.29) is 24.0 Å². The fourth-order valence-electron chi connectivity index (χ4n) is 1.45. The van der Waals surface area contributed by atoms with Crippen LogP contribution in [0.25, 0.3) is 0 Å². The summed E-state index contributed by atoms with van der Waals surface area (Å²) in [5, 5.41) is 0. The van der Waals surface area contributed by atoms with Crippen LogP contribution < -0.4 is 5.73 Å². The van der Waals surface area contributed by atoms with Crippen molar-refractivity contribution in [3.8, 4) is 0 Å². The predicted molar refractivity (Wildman–Crippen MR) is 35.1 cm³/mol. The van der Waals surface area contributed by atoms with Crippen molar-refractivity contribution >= 4 is 5.97 Å². The minimum Gasteiger partial charge on any atom is -0.458 e. The number of nitrogens with two attached hydrogens (primary N) is 1. The second kappa shape index (κ2) is 1.83.